The molecular weight excluding hydrogens is 240 g/mol. The minimum atomic E-state index is 0.373. The number of hydrogen-bond donors (Lipinski definition) is 1. The van der Waals surface area contributed by atoms with Crippen LogP contribution in [-0.4, -0.2) is 39.0 Å². The molecule has 0 spiro atoms. The highest BCUT2D eigenvalue weighted by Gasteiger charge is 2.16. The monoisotopic (exact) mass is 264 g/mol. The van der Waals surface area contributed by atoms with E-state index in [9.17, 15) is 0 Å². The molecule has 0 saturated carbocycles. The second kappa shape index (κ2) is 7.36. The lowest BCUT2D eigenvalue weighted by Crippen LogP contribution is -2.39. The van der Waals surface area contributed by atoms with Gasteiger partial charge in [0.25, 0.3) is 0 Å². The van der Waals surface area contributed by atoms with Crippen molar-refractivity contribution >= 4 is 5.69 Å². The maximum atomic E-state index is 5.92. The first kappa shape index (κ1) is 14.2. The Morgan fingerprint density at radius 1 is 1.16 bits per heavy atom. The van der Waals surface area contributed by atoms with Gasteiger partial charge in [-0.15, -0.1) is 0 Å². The van der Waals surface area contributed by atoms with Crippen molar-refractivity contribution in [1.29, 1.82) is 0 Å². The number of nitrogens with zero attached hydrogens (tertiary/aromatic N) is 1. The van der Waals surface area contributed by atoms with Crippen LogP contribution in [-0.2, 0) is 4.74 Å². The van der Waals surface area contributed by atoms with Gasteiger partial charge in [0.15, 0.2) is 0 Å². The largest absolute Gasteiger partial charge is 0.491 e. The Labute approximate surface area is 115 Å². The molecule has 1 aromatic rings. The molecule has 2 N–H and O–H groups in total. The van der Waals surface area contributed by atoms with Crippen LogP contribution >= 0.6 is 0 Å². The molecule has 19 heavy (non-hydrogen) atoms. The van der Waals surface area contributed by atoms with Crippen LogP contribution in [0.2, 0.25) is 0 Å². The standard InChI is InChI=1S/C15H24N2O2/c1-2-18-11-12-19-15-5-3-14(4-6-15)17-9-7-13(16)8-10-17/h3-6,13H,2,7-12,16H2,1H3. The second-order valence-electron chi connectivity index (χ2n) is 4.86. The van der Waals surface area contributed by atoms with E-state index >= 15 is 0 Å². The summed E-state index contributed by atoms with van der Waals surface area (Å²) in [4.78, 5) is 2.38. The van der Waals surface area contributed by atoms with Gasteiger partial charge < -0.3 is 20.1 Å². The number of nitrogens with two attached hydrogens (primary N) is 1. The van der Waals surface area contributed by atoms with Gasteiger partial charge in [-0.3, -0.25) is 0 Å². The van der Waals surface area contributed by atoms with Gasteiger partial charge in [-0.05, 0) is 44.0 Å². The predicted molar refractivity (Wildman–Crippen MR) is 77.9 cm³/mol. The smallest absolute Gasteiger partial charge is 0.119 e. The van der Waals surface area contributed by atoms with Crippen LogP contribution in [0.4, 0.5) is 5.69 Å². The van der Waals surface area contributed by atoms with E-state index in [-0.39, 0.29) is 0 Å². The SMILES string of the molecule is CCOCCOc1ccc(N2CCC(N)CC2)cc1. The molecule has 1 heterocycles. The van der Waals surface area contributed by atoms with Gasteiger partial charge in [0.1, 0.15) is 12.4 Å². The topological polar surface area (TPSA) is 47.7 Å². The van der Waals surface area contributed by atoms with Crippen molar-refractivity contribution in [2.75, 3.05) is 37.8 Å². The van der Waals surface area contributed by atoms with E-state index in [4.69, 9.17) is 15.2 Å². The summed E-state index contributed by atoms with van der Waals surface area (Å²) in [6, 6.07) is 8.66. The molecule has 0 atom stereocenters. The summed E-state index contributed by atoms with van der Waals surface area (Å²) < 4.78 is 10.8. The van der Waals surface area contributed by atoms with E-state index in [0.717, 1.165) is 38.3 Å². The zero-order valence-electron chi connectivity index (χ0n) is 11.7. The highest BCUT2D eigenvalue weighted by Crippen LogP contribution is 2.22. The molecule has 4 heteroatoms. The van der Waals surface area contributed by atoms with Crippen LogP contribution in [0.5, 0.6) is 5.75 Å². The number of anilines is 1. The molecule has 4 nitrogen and oxygen atoms in total. The number of hydrogen-bond acceptors (Lipinski definition) is 4. The van der Waals surface area contributed by atoms with Crippen molar-refractivity contribution in [1.82, 2.24) is 0 Å². The number of rotatable bonds is 6. The van der Waals surface area contributed by atoms with Crippen LogP contribution in [0.3, 0.4) is 0 Å². The molecule has 0 bridgehead atoms. The zero-order valence-corrected chi connectivity index (χ0v) is 11.7. The van der Waals surface area contributed by atoms with Gasteiger partial charge in [0.2, 0.25) is 0 Å². The minimum Gasteiger partial charge on any atom is -0.491 e. The molecule has 1 aliphatic heterocycles. The Morgan fingerprint density at radius 2 is 1.84 bits per heavy atom. The first-order valence-corrected chi connectivity index (χ1v) is 7.10. The zero-order chi connectivity index (χ0) is 13.5. The molecular formula is C15H24N2O2. The third kappa shape index (κ3) is 4.40. The summed E-state index contributed by atoms with van der Waals surface area (Å²) >= 11 is 0. The lowest BCUT2D eigenvalue weighted by molar-refractivity contribution is 0.110. The summed E-state index contributed by atoms with van der Waals surface area (Å²) in [5.41, 5.74) is 7.17. The van der Waals surface area contributed by atoms with Crippen LogP contribution < -0.4 is 15.4 Å². The Morgan fingerprint density at radius 3 is 2.47 bits per heavy atom. The van der Waals surface area contributed by atoms with Crippen molar-refractivity contribution in [3.8, 4) is 5.75 Å². The van der Waals surface area contributed by atoms with Gasteiger partial charge in [-0.2, -0.15) is 0 Å². The predicted octanol–water partition coefficient (Wildman–Crippen LogP) is 2.03. The van der Waals surface area contributed by atoms with Gasteiger partial charge in [-0.25, -0.2) is 0 Å². The Kier molecular flexibility index (Phi) is 5.48. The normalized spacial score (nSPS) is 16.6. The van der Waals surface area contributed by atoms with Crippen molar-refractivity contribution in [2.45, 2.75) is 25.8 Å². The molecule has 0 aliphatic carbocycles. The van der Waals surface area contributed by atoms with Gasteiger partial charge >= 0.3 is 0 Å². The summed E-state index contributed by atoms with van der Waals surface area (Å²) in [7, 11) is 0. The van der Waals surface area contributed by atoms with Crippen LogP contribution in [0.1, 0.15) is 19.8 Å². The van der Waals surface area contributed by atoms with Gasteiger partial charge in [0, 0.05) is 31.4 Å². The maximum Gasteiger partial charge on any atom is 0.119 e. The summed E-state index contributed by atoms with van der Waals surface area (Å²) in [6.45, 7) is 6.06. The summed E-state index contributed by atoms with van der Waals surface area (Å²) in [5, 5.41) is 0. The minimum absolute atomic E-state index is 0.373. The molecule has 1 fully saturated rings. The van der Waals surface area contributed by atoms with E-state index in [1.165, 1.54) is 5.69 Å². The molecule has 1 saturated heterocycles. The van der Waals surface area contributed by atoms with E-state index < -0.39 is 0 Å². The average molecular weight is 264 g/mol. The summed E-state index contributed by atoms with van der Waals surface area (Å²) in [5.74, 6) is 0.900. The number of benzene rings is 1. The molecule has 2 rings (SSSR count). The van der Waals surface area contributed by atoms with Crippen molar-refractivity contribution in [2.24, 2.45) is 5.73 Å². The second-order valence-corrected chi connectivity index (χ2v) is 4.86. The molecule has 1 aliphatic rings. The fraction of sp³-hybridized carbons (Fsp3) is 0.600. The Hall–Kier alpha value is -1.26. The number of ether oxygens (including phenoxy) is 2. The highest BCUT2D eigenvalue weighted by molar-refractivity contribution is 5.49. The third-order valence-corrected chi connectivity index (χ3v) is 3.44. The summed E-state index contributed by atoms with van der Waals surface area (Å²) in [6.07, 6.45) is 2.15. The first-order valence-electron chi connectivity index (χ1n) is 7.10. The van der Waals surface area contributed by atoms with Crippen LogP contribution in [0.15, 0.2) is 24.3 Å². The van der Waals surface area contributed by atoms with Crippen molar-refractivity contribution < 1.29 is 9.47 Å². The number of piperidine rings is 1. The molecule has 0 unspecified atom stereocenters. The quantitative estimate of drug-likeness (QED) is 0.799. The van der Waals surface area contributed by atoms with Gasteiger partial charge in [-0.1, -0.05) is 0 Å². The van der Waals surface area contributed by atoms with E-state index in [0.29, 0.717) is 19.3 Å². The maximum absolute atomic E-state index is 5.92. The molecule has 1 aromatic carbocycles. The fourth-order valence-electron chi connectivity index (χ4n) is 2.27. The lowest BCUT2D eigenvalue weighted by Gasteiger charge is -2.32. The fourth-order valence-corrected chi connectivity index (χ4v) is 2.27. The van der Waals surface area contributed by atoms with Crippen LogP contribution in [0.25, 0.3) is 0 Å². The van der Waals surface area contributed by atoms with E-state index in [1.54, 1.807) is 0 Å². The van der Waals surface area contributed by atoms with Gasteiger partial charge in [0.05, 0.1) is 6.61 Å². The Balaban J connectivity index is 1.81. The van der Waals surface area contributed by atoms with E-state index in [2.05, 4.69) is 17.0 Å². The lowest BCUT2D eigenvalue weighted by atomic mass is 10.1. The van der Waals surface area contributed by atoms with Crippen LogP contribution in [0, 0.1) is 0 Å². The van der Waals surface area contributed by atoms with Crippen molar-refractivity contribution in [3.05, 3.63) is 24.3 Å². The Bertz CT molecular complexity index is 359. The van der Waals surface area contributed by atoms with E-state index in [1.807, 2.05) is 19.1 Å². The molecule has 0 amide bonds. The molecule has 106 valence electrons. The average Bonchev–Trinajstić information content (AvgIpc) is 2.45. The van der Waals surface area contributed by atoms with Crippen molar-refractivity contribution in [3.63, 3.8) is 0 Å². The first-order chi connectivity index (χ1) is 9.29. The molecule has 0 radical (unpaired) electrons. The third-order valence-electron chi connectivity index (χ3n) is 3.44. The highest BCUT2D eigenvalue weighted by atomic mass is 16.5. The molecule has 0 aromatic heterocycles.